The molecule has 0 atom stereocenters. The summed E-state index contributed by atoms with van der Waals surface area (Å²) in [5.74, 6) is 6.67. The summed E-state index contributed by atoms with van der Waals surface area (Å²) >= 11 is 3.03. The van der Waals surface area contributed by atoms with Gasteiger partial charge in [0, 0.05) is 12.8 Å². The van der Waals surface area contributed by atoms with Crippen molar-refractivity contribution in [3.05, 3.63) is 0 Å². The molecule has 1 rings (SSSR count). The third-order valence-corrected chi connectivity index (χ3v) is 3.66. The summed E-state index contributed by atoms with van der Waals surface area (Å²) in [4.78, 5) is 11.5. The molecule has 1 aromatic rings. The van der Waals surface area contributed by atoms with Gasteiger partial charge in [-0.05, 0) is 19.1 Å². The van der Waals surface area contributed by atoms with Crippen LogP contribution in [0.5, 0.6) is 0 Å². The number of carbonyl (C=O) groups is 1. The van der Waals surface area contributed by atoms with E-state index >= 15 is 0 Å². The van der Waals surface area contributed by atoms with Crippen molar-refractivity contribution < 1.29 is 4.79 Å². The second-order valence-corrected chi connectivity index (χ2v) is 5.62. The molecule has 0 aliphatic carbocycles. The molecule has 0 bridgehead atoms. The number of thioether (sulfide) groups is 1. The van der Waals surface area contributed by atoms with Crippen LogP contribution in [-0.2, 0) is 4.79 Å². The van der Waals surface area contributed by atoms with Gasteiger partial charge >= 0.3 is 0 Å². The zero-order chi connectivity index (χ0) is 12.5. The summed E-state index contributed by atoms with van der Waals surface area (Å²) in [5.41, 5.74) is 0. The Balaban J connectivity index is 2.31. The van der Waals surface area contributed by atoms with Gasteiger partial charge in [0.15, 0.2) is 4.34 Å². The minimum Gasteiger partial charge on any atom is -0.301 e. The first-order valence-corrected chi connectivity index (χ1v) is 7.22. The molecule has 6 heteroatoms. The Kier molecular flexibility index (Phi) is 6.67. The van der Waals surface area contributed by atoms with E-state index in [1.165, 1.54) is 11.3 Å². The van der Waals surface area contributed by atoms with Gasteiger partial charge in [0.2, 0.25) is 11.0 Å². The van der Waals surface area contributed by atoms with Crippen LogP contribution in [0.25, 0.3) is 0 Å². The van der Waals surface area contributed by atoms with Crippen molar-refractivity contribution >= 4 is 34.1 Å². The predicted molar refractivity (Wildman–Crippen MR) is 72.2 cm³/mol. The first-order valence-electron chi connectivity index (χ1n) is 5.42. The first-order chi connectivity index (χ1) is 8.26. The van der Waals surface area contributed by atoms with Crippen molar-refractivity contribution in [1.29, 1.82) is 0 Å². The number of anilines is 1. The fourth-order valence-electron chi connectivity index (χ4n) is 1.09. The molecule has 1 heterocycles. The highest BCUT2D eigenvalue weighted by Gasteiger charge is 2.07. The van der Waals surface area contributed by atoms with Crippen LogP contribution < -0.4 is 5.32 Å². The molecule has 1 N–H and O–H groups in total. The van der Waals surface area contributed by atoms with Crippen LogP contribution in [0.1, 0.15) is 33.1 Å². The number of unbranched alkanes of at least 4 members (excludes halogenated alkanes) is 1. The molecule has 17 heavy (non-hydrogen) atoms. The van der Waals surface area contributed by atoms with Gasteiger partial charge in [0.1, 0.15) is 0 Å². The quantitative estimate of drug-likeness (QED) is 0.373. The van der Waals surface area contributed by atoms with Crippen LogP contribution >= 0.6 is 23.1 Å². The lowest BCUT2D eigenvalue weighted by Gasteiger charge is -1.98. The Hall–Kier alpha value is -1.06. The van der Waals surface area contributed by atoms with Gasteiger partial charge in [-0.2, -0.15) is 0 Å². The Morgan fingerprint density at radius 2 is 2.35 bits per heavy atom. The van der Waals surface area contributed by atoms with Crippen LogP contribution in [0.2, 0.25) is 0 Å². The number of rotatable bonds is 6. The summed E-state index contributed by atoms with van der Waals surface area (Å²) in [6.45, 7) is 3.85. The molecule has 0 saturated carbocycles. The minimum absolute atomic E-state index is 0.0212. The number of carbonyl (C=O) groups excluding carboxylic acids is 1. The maximum absolute atomic E-state index is 11.5. The number of nitrogens with one attached hydrogen (secondary N) is 1. The molecule has 0 aromatic carbocycles. The summed E-state index contributed by atoms with van der Waals surface area (Å²) in [7, 11) is 0. The molecule has 0 saturated heterocycles. The third kappa shape index (κ3) is 5.71. The van der Waals surface area contributed by atoms with Gasteiger partial charge in [-0.3, -0.25) is 4.79 Å². The largest absolute Gasteiger partial charge is 0.301 e. The van der Waals surface area contributed by atoms with Crippen molar-refractivity contribution in [2.75, 3.05) is 11.1 Å². The maximum atomic E-state index is 11.5. The molecule has 0 aliphatic heterocycles. The lowest BCUT2D eigenvalue weighted by molar-refractivity contribution is -0.116. The van der Waals surface area contributed by atoms with Gasteiger partial charge in [-0.25, -0.2) is 0 Å². The molecule has 0 spiro atoms. The normalized spacial score (nSPS) is 9.53. The lowest BCUT2D eigenvalue weighted by Crippen LogP contribution is -2.10. The number of nitrogens with zero attached hydrogens (tertiary/aromatic N) is 2. The molecule has 0 aliphatic rings. The van der Waals surface area contributed by atoms with Gasteiger partial charge in [-0.1, -0.05) is 30.0 Å². The van der Waals surface area contributed by atoms with Crippen LogP contribution in [0.15, 0.2) is 4.34 Å². The van der Waals surface area contributed by atoms with Crippen LogP contribution in [0.3, 0.4) is 0 Å². The Morgan fingerprint density at radius 3 is 3.06 bits per heavy atom. The highest BCUT2D eigenvalue weighted by Crippen LogP contribution is 2.24. The van der Waals surface area contributed by atoms with E-state index in [0.29, 0.717) is 11.6 Å². The molecule has 0 radical (unpaired) electrons. The number of hydrogen-bond donors (Lipinski definition) is 1. The van der Waals surface area contributed by atoms with Crippen molar-refractivity contribution in [2.24, 2.45) is 0 Å². The third-order valence-electron chi connectivity index (χ3n) is 1.80. The van der Waals surface area contributed by atoms with Crippen molar-refractivity contribution in [2.45, 2.75) is 37.4 Å². The van der Waals surface area contributed by atoms with Crippen molar-refractivity contribution in [3.8, 4) is 11.8 Å². The first kappa shape index (κ1) is 14.0. The fourth-order valence-corrected chi connectivity index (χ4v) is 2.75. The van der Waals surface area contributed by atoms with Gasteiger partial charge in [0.05, 0.1) is 0 Å². The van der Waals surface area contributed by atoms with Crippen molar-refractivity contribution in [1.82, 2.24) is 10.2 Å². The van der Waals surface area contributed by atoms with Crippen LogP contribution in [0, 0.1) is 11.8 Å². The van der Waals surface area contributed by atoms with E-state index in [1.807, 2.05) is 0 Å². The molecule has 1 aromatic heterocycles. The summed E-state index contributed by atoms with van der Waals surface area (Å²) in [5, 5.41) is 11.2. The van der Waals surface area contributed by atoms with Gasteiger partial charge in [-0.15, -0.1) is 22.0 Å². The molecule has 4 nitrogen and oxygen atoms in total. The second-order valence-electron chi connectivity index (χ2n) is 3.13. The Bertz CT molecular complexity index is 420. The van der Waals surface area contributed by atoms with E-state index in [1.54, 1.807) is 18.7 Å². The molecular formula is C11H15N3OS2. The van der Waals surface area contributed by atoms with E-state index in [9.17, 15) is 4.79 Å². The lowest BCUT2D eigenvalue weighted by atomic mass is 10.2. The van der Waals surface area contributed by atoms with E-state index in [-0.39, 0.29) is 5.91 Å². The SMILES string of the molecule is CC#CCCCC(=O)Nc1nnc(SCC)s1. The Morgan fingerprint density at radius 1 is 1.53 bits per heavy atom. The number of hydrogen-bond acceptors (Lipinski definition) is 5. The van der Waals surface area contributed by atoms with E-state index < -0.39 is 0 Å². The van der Waals surface area contributed by atoms with Crippen LogP contribution in [0.4, 0.5) is 5.13 Å². The summed E-state index contributed by atoms with van der Waals surface area (Å²) < 4.78 is 0.889. The Labute approximate surface area is 110 Å². The maximum Gasteiger partial charge on any atom is 0.226 e. The number of aromatic nitrogens is 2. The van der Waals surface area contributed by atoms with Gasteiger partial charge in [0.25, 0.3) is 0 Å². The molecule has 1 amide bonds. The predicted octanol–water partition coefficient (Wildman–Crippen LogP) is 2.78. The fraction of sp³-hybridized carbons (Fsp3) is 0.545. The average molecular weight is 269 g/mol. The van der Waals surface area contributed by atoms with E-state index in [2.05, 4.69) is 34.3 Å². The molecule has 0 fully saturated rings. The topological polar surface area (TPSA) is 54.9 Å². The molecule has 92 valence electrons. The standard InChI is InChI=1S/C11H15N3OS2/c1-3-5-6-7-8-9(15)12-10-13-14-11(17-10)16-4-2/h4,6-8H2,1-2H3,(H,12,13,15). The zero-order valence-corrected chi connectivity index (χ0v) is 11.6. The summed E-state index contributed by atoms with van der Waals surface area (Å²) in [6.07, 6.45) is 2.02. The monoisotopic (exact) mass is 269 g/mol. The zero-order valence-electron chi connectivity index (χ0n) is 9.95. The van der Waals surface area contributed by atoms with Crippen molar-refractivity contribution in [3.63, 3.8) is 0 Å². The second kappa shape index (κ2) is 8.09. The minimum atomic E-state index is -0.0212. The highest BCUT2D eigenvalue weighted by atomic mass is 32.2. The van der Waals surface area contributed by atoms with Gasteiger partial charge < -0.3 is 5.32 Å². The van der Waals surface area contributed by atoms with E-state index in [0.717, 1.165) is 22.9 Å². The number of amides is 1. The smallest absolute Gasteiger partial charge is 0.226 e. The van der Waals surface area contributed by atoms with Crippen LogP contribution in [-0.4, -0.2) is 21.9 Å². The summed E-state index contributed by atoms with van der Waals surface area (Å²) in [6, 6.07) is 0. The average Bonchev–Trinajstić information content (AvgIpc) is 2.73. The van der Waals surface area contributed by atoms with E-state index in [4.69, 9.17) is 0 Å². The molecular weight excluding hydrogens is 254 g/mol. The molecule has 0 unspecified atom stereocenters. The highest BCUT2D eigenvalue weighted by molar-refractivity contribution is 8.01.